The van der Waals surface area contributed by atoms with Gasteiger partial charge in [0.15, 0.2) is 11.7 Å². The Morgan fingerprint density at radius 3 is 2.96 bits per heavy atom. The van der Waals surface area contributed by atoms with Crippen molar-refractivity contribution in [3.05, 3.63) is 55.2 Å². The monoisotopic (exact) mass is 354 g/mol. The van der Waals surface area contributed by atoms with Crippen LogP contribution in [0.1, 0.15) is 39.9 Å². The predicted octanol–water partition coefficient (Wildman–Crippen LogP) is 5.32. The second-order valence-corrected chi connectivity index (χ2v) is 8.46. The highest BCUT2D eigenvalue weighted by Gasteiger charge is 2.22. The smallest absolute Gasteiger partial charge is 0.191 e. The first kappa shape index (κ1) is 15.7. The summed E-state index contributed by atoms with van der Waals surface area (Å²) in [4.78, 5) is 26.1. The summed E-state index contributed by atoms with van der Waals surface area (Å²) in [6, 6.07) is 7.95. The average Bonchev–Trinajstić information content (AvgIpc) is 3.09. The summed E-state index contributed by atoms with van der Waals surface area (Å²) >= 11 is 3.22. The molecule has 3 aromatic rings. The lowest BCUT2D eigenvalue weighted by atomic mass is 9.86. The van der Waals surface area contributed by atoms with Gasteiger partial charge in [0.05, 0.1) is 4.88 Å². The summed E-state index contributed by atoms with van der Waals surface area (Å²) in [6.45, 7) is 2.23. The lowest BCUT2D eigenvalue weighted by molar-refractivity contribution is 0.112. The summed E-state index contributed by atoms with van der Waals surface area (Å²) in [5.74, 6) is 0.701. The fraction of sp³-hybridized carbons (Fsp3) is 0.300. The van der Waals surface area contributed by atoms with Gasteiger partial charge in [0.2, 0.25) is 0 Å². The van der Waals surface area contributed by atoms with Gasteiger partial charge in [-0.1, -0.05) is 19.4 Å². The Morgan fingerprint density at radius 2 is 2.17 bits per heavy atom. The molecule has 0 N–H and O–H groups in total. The molecule has 4 heteroatoms. The van der Waals surface area contributed by atoms with Crippen LogP contribution < -0.4 is 5.43 Å². The standard InChI is InChI=1S/C20H18O2S2/c1-2-12-3-5-15-17(9-12)24-18-10-13(4-6-16(18)20(15)22)14-7-8-23-19(14)11-21/h4,6-8,10-12H,2-3,5,9H2,1H3. The van der Waals surface area contributed by atoms with Gasteiger partial charge in [0.1, 0.15) is 0 Å². The summed E-state index contributed by atoms with van der Waals surface area (Å²) < 4.78 is 1.04. The molecule has 2 nitrogen and oxygen atoms in total. The number of hydrogen-bond acceptors (Lipinski definition) is 4. The number of thiophene rings is 1. The molecular weight excluding hydrogens is 336 g/mol. The highest BCUT2D eigenvalue weighted by Crippen LogP contribution is 2.35. The van der Waals surface area contributed by atoms with Crippen LogP contribution in [0.5, 0.6) is 0 Å². The van der Waals surface area contributed by atoms with Gasteiger partial charge in [-0.25, -0.2) is 0 Å². The molecule has 0 radical (unpaired) electrons. The number of rotatable bonds is 3. The van der Waals surface area contributed by atoms with Crippen molar-refractivity contribution in [2.24, 2.45) is 5.92 Å². The molecule has 0 spiro atoms. The van der Waals surface area contributed by atoms with Crippen molar-refractivity contribution in [3.8, 4) is 11.1 Å². The van der Waals surface area contributed by atoms with E-state index in [2.05, 4.69) is 13.0 Å². The second-order valence-electron chi connectivity index (χ2n) is 6.38. The molecule has 24 heavy (non-hydrogen) atoms. The third-order valence-corrected chi connectivity index (χ3v) is 7.10. The molecule has 1 aliphatic rings. The maximum Gasteiger partial charge on any atom is 0.191 e. The predicted molar refractivity (Wildman–Crippen MR) is 103 cm³/mol. The van der Waals surface area contributed by atoms with E-state index in [1.807, 2.05) is 23.6 Å². The van der Waals surface area contributed by atoms with Crippen molar-refractivity contribution in [3.63, 3.8) is 0 Å². The van der Waals surface area contributed by atoms with Crippen LogP contribution in [0.15, 0.2) is 34.4 Å². The fourth-order valence-electron chi connectivity index (χ4n) is 3.58. The Balaban J connectivity index is 1.88. The first-order valence-corrected chi connectivity index (χ1v) is 10.0. The number of aldehydes is 1. The molecule has 0 saturated carbocycles. The summed E-state index contributed by atoms with van der Waals surface area (Å²) in [6.07, 6.45) is 5.17. The van der Waals surface area contributed by atoms with E-state index in [-0.39, 0.29) is 5.43 Å². The van der Waals surface area contributed by atoms with E-state index in [9.17, 15) is 9.59 Å². The van der Waals surface area contributed by atoms with Gasteiger partial charge in [-0.15, -0.1) is 22.7 Å². The van der Waals surface area contributed by atoms with E-state index in [0.29, 0.717) is 5.92 Å². The fourth-order valence-corrected chi connectivity index (χ4v) is 5.65. The largest absolute Gasteiger partial charge is 0.297 e. The lowest BCUT2D eigenvalue weighted by Gasteiger charge is -2.22. The van der Waals surface area contributed by atoms with Crippen molar-refractivity contribution >= 4 is 39.0 Å². The van der Waals surface area contributed by atoms with Crippen molar-refractivity contribution in [2.75, 3.05) is 0 Å². The lowest BCUT2D eigenvalue weighted by Crippen LogP contribution is -2.20. The molecule has 0 bridgehead atoms. The van der Waals surface area contributed by atoms with E-state index in [0.717, 1.165) is 57.2 Å². The molecule has 122 valence electrons. The molecule has 0 amide bonds. The van der Waals surface area contributed by atoms with Crippen molar-refractivity contribution in [1.82, 2.24) is 0 Å². The first-order chi connectivity index (χ1) is 11.7. The molecular formula is C20H18O2S2. The summed E-state index contributed by atoms with van der Waals surface area (Å²) in [7, 11) is 0. The number of fused-ring (bicyclic) bond motifs is 2. The molecule has 2 heterocycles. The van der Waals surface area contributed by atoms with Crippen LogP contribution in [-0.2, 0) is 12.8 Å². The molecule has 1 unspecified atom stereocenters. The van der Waals surface area contributed by atoms with Crippen LogP contribution in [0, 0.1) is 5.92 Å². The second kappa shape index (κ2) is 6.26. The van der Waals surface area contributed by atoms with E-state index in [1.165, 1.54) is 22.6 Å². The normalized spacial score (nSPS) is 17.0. The minimum absolute atomic E-state index is 0.209. The minimum atomic E-state index is 0.209. The van der Waals surface area contributed by atoms with E-state index in [1.54, 1.807) is 11.3 Å². The maximum atomic E-state index is 12.8. The molecule has 0 saturated heterocycles. The van der Waals surface area contributed by atoms with Crippen LogP contribution in [0.25, 0.3) is 21.2 Å². The Kier molecular flexibility index (Phi) is 4.10. The van der Waals surface area contributed by atoms with Crippen LogP contribution >= 0.6 is 22.7 Å². The van der Waals surface area contributed by atoms with Gasteiger partial charge in [-0.05, 0) is 54.3 Å². The minimum Gasteiger partial charge on any atom is -0.297 e. The first-order valence-electron chi connectivity index (χ1n) is 8.33. The van der Waals surface area contributed by atoms with Gasteiger partial charge in [-0.3, -0.25) is 9.59 Å². The van der Waals surface area contributed by atoms with Crippen LogP contribution in [-0.4, -0.2) is 6.29 Å². The number of benzene rings is 1. The number of carbonyl (C=O) groups excluding carboxylic acids is 1. The molecule has 0 aliphatic heterocycles. The van der Waals surface area contributed by atoms with E-state index in [4.69, 9.17) is 0 Å². The van der Waals surface area contributed by atoms with E-state index < -0.39 is 0 Å². The molecule has 0 fully saturated rings. The molecule has 1 aliphatic carbocycles. The quantitative estimate of drug-likeness (QED) is 0.597. The topological polar surface area (TPSA) is 34.1 Å². The summed E-state index contributed by atoms with van der Waals surface area (Å²) in [5.41, 5.74) is 3.22. The zero-order chi connectivity index (χ0) is 16.7. The SMILES string of the molecule is CCC1CCc2c(sc3cc(-c4ccsc4C=O)ccc3c2=O)C1. The van der Waals surface area contributed by atoms with Crippen LogP contribution in [0.4, 0.5) is 0 Å². The Hall–Kier alpha value is -1.78. The van der Waals surface area contributed by atoms with Gasteiger partial charge in [-0.2, -0.15) is 0 Å². The number of carbonyl (C=O) groups is 1. The zero-order valence-electron chi connectivity index (χ0n) is 13.5. The Labute approximate surface area is 148 Å². The third kappa shape index (κ3) is 2.54. The number of hydrogen-bond donors (Lipinski definition) is 0. The van der Waals surface area contributed by atoms with Crippen molar-refractivity contribution in [1.29, 1.82) is 0 Å². The molecule has 1 atom stereocenters. The van der Waals surface area contributed by atoms with Gasteiger partial charge < -0.3 is 0 Å². The highest BCUT2D eigenvalue weighted by molar-refractivity contribution is 7.18. The maximum absolute atomic E-state index is 12.8. The Bertz CT molecular complexity index is 981. The van der Waals surface area contributed by atoms with Crippen molar-refractivity contribution in [2.45, 2.75) is 32.6 Å². The highest BCUT2D eigenvalue weighted by atomic mass is 32.1. The molecule has 2 aromatic heterocycles. The van der Waals surface area contributed by atoms with E-state index >= 15 is 0 Å². The molecule has 1 aromatic carbocycles. The molecule has 4 rings (SSSR count). The Morgan fingerprint density at radius 1 is 1.29 bits per heavy atom. The van der Waals surface area contributed by atoms with Crippen LogP contribution in [0.3, 0.4) is 0 Å². The zero-order valence-corrected chi connectivity index (χ0v) is 15.1. The third-order valence-electron chi connectivity index (χ3n) is 5.04. The van der Waals surface area contributed by atoms with Crippen molar-refractivity contribution < 1.29 is 4.79 Å². The van der Waals surface area contributed by atoms with Gasteiger partial charge in [0, 0.05) is 26.1 Å². The van der Waals surface area contributed by atoms with Crippen LogP contribution in [0.2, 0.25) is 0 Å². The summed E-state index contributed by atoms with van der Waals surface area (Å²) in [5, 5.41) is 2.75. The van der Waals surface area contributed by atoms with Gasteiger partial charge in [0.25, 0.3) is 0 Å². The average molecular weight is 354 g/mol. The van der Waals surface area contributed by atoms with Gasteiger partial charge >= 0.3 is 0 Å².